The SMILES string of the molecule is CCCCN(CC)C(=O)Cn1c(=O)n(-c2cc(C)cc(C)c2)c(=O)c2sccc21. The van der Waals surface area contributed by atoms with Gasteiger partial charge in [0.15, 0.2) is 0 Å². The molecular formula is C22H27N3O3S. The average molecular weight is 414 g/mol. The van der Waals surface area contributed by atoms with Crippen molar-refractivity contribution in [1.82, 2.24) is 14.0 Å². The molecule has 2 heterocycles. The van der Waals surface area contributed by atoms with Gasteiger partial charge in [-0.1, -0.05) is 19.4 Å². The highest BCUT2D eigenvalue weighted by atomic mass is 32.1. The molecule has 29 heavy (non-hydrogen) atoms. The van der Waals surface area contributed by atoms with E-state index in [0.29, 0.717) is 29.0 Å². The van der Waals surface area contributed by atoms with Gasteiger partial charge in [-0.2, -0.15) is 0 Å². The summed E-state index contributed by atoms with van der Waals surface area (Å²) in [6.45, 7) is 9.07. The van der Waals surface area contributed by atoms with Crippen molar-refractivity contribution in [2.24, 2.45) is 0 Å². The summed E-state index contributed by atoms with van der Waals surface area (Å²) in [7, 11) is 0. The number of aryl methyl sites for hydroxylation is 2. The molecule has 7 heteroatoms. The molecule has 0 radical (unpaired) electrons. The lowest BCUT2D eigenvalue weighted by Crippen LogP contribution is -2.42. The number of rotatable bonds is 7. The number of hydrogen-bond acceptors (Lipinski definition) is 4. The first-order chi connectivity index (χ1) is 13.9. The van der Waals surface area contributed by atoms with Gasteiger partial charge < -0.3 is 4.90 Å². The third kappa shape index (κ3) is 4.19. The number of aromatic nitrogens is 2. The van der Waals surface area contributed by atoms with E-state index in [-0.39, 0.29) is 18.0 Å². The molecule has 0 saturated heterocycles. The fourth-order valence-corrected chi connectivity index (χ4v) is 4.42. The molecule has 6 nitrogen and oxygen atoms in total. The zero-order valence-corrected chi connectivity index (χ0v) is 18.2. The molecule has 3 aromatic rings. The van der Waals surface area contributed by atoms with E-state index >= 15 is 0 Å². The molecule has 3 rings (SSSR count). The first kappa shape index (κ1) is 21.0. The molecule has 0 bridgehead atoms. The number of carbonyl (C=O) groups is 1. The van der Waals surface area contributed by atoms with Crippen molar-refractivity contribution >= 4 is 27.5 Å². The van der Waals surface area contributed by atoms with E-state index in [9.17, 15) is 14.4 Å². The summed E-state index contributed by atoms with van der Waals surface area (Å²) < 4.78 is 3.10. The van der Waals surface area contributed by atoms with E-state index in [1.807, 2.05) is 39.0 Å². The smallest absolute Gasteiger partial charge is 0.336 e. The van der Waals surface area contributed by atoms with Crippen molar-refractivity contribution in [2.75, 3.05) is 13.1 Å². The van der Waals surface area contributed by atoms with Gasteiger partial charge in [0.1, 0.15) is 11.2 Å². The molecule has 0 saturated carbocycles. The van der Waals surface area contributed by atoms with Crippen LogP contribution in [0.1, 0.15) is 37.8 Å². The largest absolute Gasteiger partial charge is 0.341 e. The maximum absolute atomic E-state index is 13.3. The summed E-state index contributed by atoms with van der Waals surface area (Å²) in [4.78, 5) is 41.1. The predicted octanol–water partition coefficient (Wildman–Crippen LogP) is 3.48. The molecule has 154 valence electrons. The van der Waals surface area contributed by atoms with Gasteiger partial charge in [-0.15, -0.1) is 11.3 Å². The van der Waals surface area contributed by atoms with Crippen LogP contribution < -0.4 is 11.2 Å². The van der Waals surface area contributed by atoms with Crippen LogP contribution in [0.3, 0.4) is 0 Å². The van der Waals surface area contributed by atoms with Crippen LogP contribution in [0, 0.1) is 13.8 Å². The number of fused-ring (bicyclic) bond motifs is 1. The van der Waals surface area contributed by atoms with Gasteiger partial charge in [0.05, 0.1) is 11.2 Å². The highest BCUT2D eigenvalue weighted by molar-refractivity contribution is 7.17. The van der Waals surface area contributed by atoms with Crippen molar-refractivity contribution in [2.45, 2.75) is 47.1 Å². The van der Waals surface area contributed by atoms with Crippen LogP contribution in [-0.2, 0) is 11.3 Å². The Kier molecular flexibility index (Phi) is 6.37. The lowest BCUT2D eigenvalue weighted by atomic mass is 10.1. The Morgan fingerprint density at radius 2 is 1.79 bits per heavy atom. The lowest BCUT2D eigenvalue weighted by molar-refractivity contribution is -0.131. The summed E-state index contributed by atoms with van der Waals surface area (Å²) in [6, 6.07) is 7.37. The van der Waals surface area contributed by atoms with Gasteiger partial charge >= 0.3 is 5.69 Å². The Labute approximate surface area is 174 Å². The molecule has 0 spiro atoms. The number of amides is 1. The summed E-state index contributed by atoms with van der Waals surface area (Å²) in [5.74, 6) is -0.110. The molecule has 1 aromatic carbocycles. The number of unbranched alkanes of at least 4 members (excludes halogenated alkanes) is 1. The van der Waals surface area contributed by atoms with Gasteiger partial charge in [-0.05, 0) is 61.9 Å². The van der Waals surface area contributed by atoms with Crippen molar-refractivity contribution < 1.29 is 4.79 Å². The maximum Gasteiger partial charge on any atom is 0.336 e. The molecule has 0 atom stereocenters. The summed E-state index contributed by atoms with van der Waals surface area (Å²) >= 11 is 1.29. The van der Waals surface area contributed by atoms with Gasteiger partial charge in [0.25, 0.3) is 5.56 Å². The standard InChI is InChI=1S/C22H27N3O3S/c1-5-7-9-23(6-2)19(26)14-24-18-8-10-29-20(18)21(27)25(22(24)28)17-12-15(3)11-16(4)13-17/h8,10-13H,5-7,9,14H2,1-4H3. The predicted molar refractivity (Wildman–Crippen MR) is 118 cm³/mol. The fourth-order valence-electron chi connectivity index (χ4n) is 3.59. The van der Waals surface area contributed by atoms with Crippen molar-refractivity contribution in [1.29, 1.82) is 0 Å². The zero-order valence-electron chi connectivity index (χ0n) is 17.4. The molecular weight excluding hydrogens is 386 g/mol. The Morgan fingerprint density at radius 3 is 2.41 bits per heavy atom. The monoisotopic (exact) mass is 413 g/mol. The average Bonchev–Trinajstić information content (AvgIpc) is 3.15. The molecule has 0 aliphatic heterocycles. The second-order valence-electron chi connectivity index (χ2n) is 7.32. The van der Waals surface area contributed by atoms with Gasteiger partial charge in [-0.25, -0.2) is 9.36 Å². The van der Waals surface area contributed by atoms with Crippen LogP contribution in [-0.4, -0.2) is 33.0 Å². The summed E-state index contributed by atoms with van der Waals surface area (Å²) in [5, 5.41) is 1.78. The summed E-state index contributed by atoms with van der Waals surface area (Å²) in [6.07, 6.45) is 1.92. The molecule has 0 aliphatic rings. The fraction of sp³-hybridized carbons (Fsp3) is 0.409. The Morgan fingerprint density at radius 1 is 1.10 bits per heavy atom. The maximum atomic E-state index is 13.3. The number of likely N-dealkylation sites (N-methyl/N-ethyl adjacent to an activating group) is 1. The topological polar surface area (TPSA) is 64.3 Å². The van der Waals surface area contributed by atoms with E-state index in [1.165, 1.54) is 20.5 Å². The molecule has 0 N–H and O–H groups in total. The van der Waals surface area contributed by atoms with Crippen LogP contribution in [0.5, 0.6) is 0 Å². The van der Waals surface area contributed by atoms with Gasteiger partial charge in [-0.3, -0.25) is 14.2 Å². The highest BCUT2D eigenvalue weighted by Gasteiger charge is 2.20. The Balaban J connectivity index is 2.15. The zero-order chi connectivity index (χ0) is 21.1. The number of hydrogen-bond donors (Lipinski definition) is 0. The quantitative estimate of drug-likeness (QED) is 0.596. The van der Waals surface area contributed by atoms with Crippen molar-refractivity contribution in [3.63, 3.8) is 0 Å². The van der Waals surface area contributed by atoms with E-state index < -0.39 is 5.69 Å². The number of benzene rings is 1. The second kappa shape index (κ2) is 8.78. The molecule has 0 fully saturated rings. The van der Waals surface area contributed by atoms with E-state index in [1.54, 1.807) is 16.3 Å². The Hall–Kier alpha value is -2.67. The second-order valence-corrected chi connectivity index (χ2v) is 8.23. The minimum atomic E-state index is -0.481. The van der Waals surface area contributed by atoms with Gasteiger partial charge in [0.2, 0.25) is 5.91 Å². The van der Waals surface area contributed by atoms with Crippen molar-refractivity contribution in [3.8, 4) is 5.69 Å². The van der Waals surface area contributed by atoms with Crippen LogP contribution in [0.25, 0.3) is 15.9 Å². The molecule has 2 aromatic heterocycles. The first-order valence-corrected chi connectivity index (χ1v) is 10.8. The summed E-state index contributed by atoms with van der Waals surface area (Å²) in [5.41, 5.74) is 2.17. The van der Waals surface area contributed by atoms with E-state index in [0.717, 1.165) is 24.0 Å². The van der Waals surface area contributed by atoms with Crippen LogP contribution >= 0.6 is 11.3 Å². The normalized spacial score (nSPS) is 11.2. The lowest BCUT2D eigenvalue weighted by Gasteiger charge is -2.21. The molecule has 0 unspecified atom stereocenters. The van der Waals surface area contributed by atoms with Crippen molar-refractivity contribution in [3.05, 3.63) is 61.6 Å². The first-order valence-electron chi connectivity index (χ1n) is 9.96. The highest BCUT2D eigenvalue weighted by Crippen LogP contribution is 2.18. The Bertz CT molecular complexity index is 1140. The number of nitrogens with zero attached hydrogens (tertiary/aromatic N) is 3. The minimum absolute atomic E-state index is 0.0747. The number of thiophene rings is 1. The third-order valence-electron chi connectivity index (χ3n) is 5.03. The number of carbonyl (C=O) groups excluding carboxylic acids is 1. The van der Waals surface area contributed by atoms with Crippen LogP contribution in [0.15, 0.2) is 39.2 Å². The minimum Gasteiger partial charge on any atom is -0.341 e. The van der Waals surface area contributed by atoms with Crippen LogP contribution in [0.2, 0.25) is 0 Å². The molecule has 0 aliphatic carbocycles. The van der Waals surface area contributed by atoms with Gasteiger partial charge in [0, 0.05) is 13.1 Å². The van der Waals surface area contributed by atoms with Crippen LogP contribution in [0.4, 0.5) is 0 Å². The van der Waals surface area contributed by atoms with E-state index in [2.05, 4.69) is 6.92 Å². The van der Waals surface area contributed by atoms with E-state index in [4.69, 9.17) is 0 Å². The third-order valence-corrected chi connectivity index (χ3v) is 5.92. The molecule has 1 amide bonds.